The molecule has 1 aromatic carbocycles. The second-order valence-corrected chi connectivity index (χ2v) is 5.31. The van der Waals surface area contributed by atoms with Crippen molar-refractivity contribution in [3.05, 3.63) is 42.2 Å². The van der Waals surface area contributed by atoms with E-state index in [2.05, 4.69) is 22.4 Å². The molecule has 1 fully saturated rings. The molecule has 0 saturated heterocycles. The fourth-order valence-corrected chi connectivity index (χ4v) is 2.97. The largest absolute Gasteiger partial charge is 0.327 e. The Morgan fingerprint density at radius 3 is 2.68 bits per heavy atom. The third-order valence-corrected chi connectivity index (χ3v) is 4.03. The van der Waals surface area contributed by atoms with Gasteiger partial charge in [0.15, 0.2) is 0 Å². The van der Waals surface area contributed by atoms with Crippen molar-refractivity contribution >= 4 is 0 Å². The molecule has 1 saturated carbocycles. The van der Waals surface area contributed by atoms with Gasteiger partial charge in [0.05, 0.1) is 17.6 Å². The Hall–Kier alpha value is -1.68. The Bertz CT molecular complexity index is 520. The minimum atomic E-state index is 0.225. The van der Waals surface area contributed by atoms with Crippen LogP contribution in [0.3, 0.4) is 0 Å². The van der Waals surface area contributed by atoms with Gasteiger partial charge in [-0.2, -0.15) is 0 Å². The van der Waals surface area contributed by atoms with E-state index in [-0.39, 0.29) is 6.04 Å². The Morgan fingerprint density at radius 2 is 1.84 bits per heavy atom. The van der Waals surface area contributed by atoms with Crippen molar-refractivity contribution in [1.82, 2.24) is 15.0 Å². The minimum Gasteiger partial charge on any atom is -0.327 e. The fourth-order valence-electron chi connectivity index (χ4n) is 2.97. The molecule has 1 aromatic heterocycles. The van der Waals surface area contributed by atoms with E-state index in [1.165, 1.54) is 19.3 Å². The van der Waals surface area contributed by atoms with Crippen LogP contribution in [0.5, 0.6) is 0 Å². The zero-order chi connectivity index (χ0) is 13.1. The van der Waals surface area contributed by atoms with Gasteiger partial charge in [0.25, 0.3) is 0 Å². The van der Waals surface area contributed by atoms with Gasteiger partial charge in [0.1, 0.15) is 0 Å². The van der Waals surface area contributed by atoms with Crippen LogP contribution in [0.1, 0.15) is 43.7 Å². The van der Waals surface area contributed by atoms with Crippen LogP contribution >= 0.6 is 0 Å². The predicted molar refractivity (Wildman–Crippen MR) is 75.2 cm³/mol. The molecule has 100 valence electrons. The lowest BCUT2D eigenvalue weighted by Gasteiger charge is -2.21. The maximum absolute atomic E-state index is 6.35. The smallest absolute Gasteiger partial charge is 0.0733 e. The second kappa shape index (κ2) is 5.53. The lowest BCUT2D eigenvalue weighted by atomic mass is 9.92. The summed E-state index contributed by atoms with van der Waals surface area (Å²) in [6.45, 7) is 0. The molecule has 0 radical (unpaired) electrons. The van der Waals surface area contributed by atoms with E-state index in [4.69, 9.17) is 5.73 Å². The fraction of sp³-hybridized carbons (Fsp3) is 0.467. The van der Waals surface area contributed by atoms with E-state index in [1.54, 1.807) is 0 Å². The van der Waals surface area contributed by atoms with Crippen LogP contribution in [-0.2, 0) is 0 Å². The van der Waals surface area contributed by atoms with Crippen molar-refractivity contribution in [2.24, 2.45) is 5.73 Å². The number of rotatable bonds is 2. The van der Waals surface area contributed by atoms with Gasteiger partial charge >= 0.3 is 0 Å². The number of aromatic nitrogens is 3. The summed E-state index contributed by atoms with van der Waals surface area (Å²) in [6, 6.07) is 10.4. The quantitative estimate of drug-likeness (QED) is 0.840. The first-order chi connectivity index (χ1) is 9.36. The third-order valence-electron chi connectivity index (χ3n) is 4.03. The molecule has 0 spiro atoms. The van der Waals surface area contributed by atoms with Gasteiger partial charge in [-0.15, -0.1) is 5.10 Å². The standard InChI is InChI=1S/C15H20N4/c16-14-10-6-2-5-9-13(14)15-11-17-18-19(15)12-7-3-1-4-8-12/h1,3-4,7-8,11,13-14H,2,5-6,9-10,16H2. The second-order valence-electron chi connectivity index (χ2n) is 5.31. The molecule has 0 bridgehead atoms. The molecule has 4 nitrogen and oxygen atoms in total. The average molecular weight is 256 g/mol. The number of nitrogens with zero attached hydrogens (tertiary/aromatic N) is 3. The van der Waals surface area contributed by atoms with Crippen LogP contribution in [0, 0.1) is 0 Å². The summed E-state index contributed by atoms with van der Waals surface area (Å²) < 4.78 is 1.94. The summed E-state index contributed by atoms with van der Waals surface area (Å²) in [6.07, 6.45) is 7.90. The van der Waals surface area contributed by atoms with E-state index < -0.39 is 0 Å². The number of benzene rings is 1. The van der Waals surface area contributed by atoms with Crippen molar-refractivity contribution in [2.45, 2.75) is 44.1 Å². The maximum Gasteiger partial charge on any atom is 0.0733 e. The Kier molecular flexibility index (Phi) is 3.60. The summed E-state index contributed by atoms with van der Waals surface area (Å²) >= 11 is 0. The highest BCUT2D eigenvalue weighted by Gasteiger charge is 2.25. The first-order valence-electron chi connectivity index (χ1n) is 7.08. The SMILES string of the molecule is NC1CCCCCC1c1cnnn1-c1ccccc1. The summed E-state index contributed by atoms with van der Waals surface area (Å²) in [5.74, 6) is 0.373. The minimum absolute atomic E-state index is 0.225. The molecule has 1 aliphatic rings. The molecule has 19 heavy (non-hydrogen) atoms. The van der Waals surface area contributed by atoms with E-state index in [0.717, 1.165) is 24.2 Å². The molecular formula is C15H20N4. The molecule has 1 heterocycles. The molecule has 2 atom stereocenters. The zero-order valence-corrected chi connectivity index (χ0v) is 11.1. The first kappa shape index (κ1) is 12.4. The number of hydrogen-bond acceptors (Lipinski definition) is 3. The Labute approximate surface area is 113 Å². The van der Waals surface area contributed by atoms with E-state index in [0.29, 0.717) is 5.92 Å². The van der Waals surface area contributed by atoms with Crippen LogP contribution in [0.15, 0.2) is 36.5 Å². The average Bonchev–Trinajstić information content (AvgIpc) is 2.83. The van der Waals surface area contributed by atoms with E-state index in [9.17, 15) is 0 Å². The molecule has 0 amide bonds. The molecule has 2 unspecified atom stereocenters. The third kappa shape index (κ3) is 2.54. The van der Waals surface area contributed by atoms with Crippen LogP contribution in [0.25, 0.3) is 5.69 Å². The van der Waals surface area contributed by atoms with E-state index in [1.807, 2.05) is 29.1 Å². The number of hydrogen-bond donors (Lipinski definition) is 1. The lowest BCUT2D eigenvalue weighted by molar-refractivity contribution is 0.484. The number of nitrogens with two attached hydrogens (primary N) is 1. The zero-order valence-electron chi connectivity index (χ0n) is 11.1. The monoisotopic (exact) mass is 256 g/mol. The van der Waals surface area contributed by atoms with Crippen LogP contribution in [0.4, 0.5) is 0 Å². The van der Waals surface area contributed by atoms with Crippen LogP contribution in [-0.4, -0.2) is 21.0 Å². The Balaban J connectivity index is 1.95. The lowest BCUT2D eigenvalue weighted by Crippen LogP contribution is -2.28. The van der Waals surface area contributed by atoms with Gasteiger partial charge in [-0.1, -0.05) is 42.7 Å². The number of para-hydroxylation sites is 1. The highest BCUT2D eigenvalue weighted by molar-refractivity contribution is 5.32. The van der Waals surface area contributed by atoms with Gasteiger partial charge in [-0.25, -0.2) is 4.68 Å². The van der Waals surface area contributed by atoms with Crippen LogP contribution in [0.2, 0.25) is 0 Å². The van der Waals surface area contributed by atoms with Gasteiger partial charge in [-0.05, 0) is 25.0 Å². The molecule has 3 rings (SSSR count). The van der Waals surface area contributed by atoms with Gasteiger partial charge in [0.2, 0.25) is 0 Å². The molecule has 0 aliphatic heterocycles. The van der Waals surface area contributed by atoms with Crippen molar-refractivity contribution in [3.63, 3.8) is 0 Å². The predicted octanol–water partition coefficient (Wildman–Crippen LogP) is 2.64. The van der Waals surface area contributed by atoms with Crippen molar-refractivity contribution in [3.8, 4) is 5.69 Å². The highest BCUT2D eigenvalue weighted by Crippen LogP contribution is 2.31. The van der Waals surface area contributed by atoms with Gasteiger partial charge < -0.3 is 5.73 Å². The van der Waals surface area contributed by atoms with Crippen molar-refractivity contribution in [2.75, 3.05) is 0 Å². The summed E-state index contributed by atoms with van der Waals surface area (Å²) in [4.78, 5) is 0. The summed E-state index contributed by atoms with van der Waals surface area (Å²) in [5.41, 5.74) is 8.56. The molecular weight excluding hydrogens is 236 g/mol. The molecule has 2 aromatic rings. The first-order valence-corrected chi connectivity index (χ1v) is 7.08. The summed E-state index contributed by atoms with van der Waals surface area (Å²) in [7, 11) is 0. The molecule has 1 aliphatic carbocycles. The van der Waals surface area contributed by atoms with Crippen molar-refractivity contribution in [1.29, 1.82) is 0 Å². The van der Waals surface area contributed by atoms with E-state index >= 15 is 0 Å². The highest BCUT2D eigenvalue weighted by atomic mass is 15.4. The van der Waals surface area contributed by atoms with Gasteiger partial charge in [0, 0.05) is 12.0 Å². The van der Waals surface area contributed by atoms with Crippen LogP contribution < -0.4 is 5.73 Å². The topological polar surface area (TPSA) is 56.7 Å². The molecule has 2 N–H and O–H groups in total. The van der Waals surface area contributed by atoms with Gasteiger partial charge in [-0.3, -0.25) is 0 Å². The summed E-state index contributed by atoms with van der Waals surface area (Å²) in [5, 5.41) is 8.33. The van der Waals surface area contributed by atoms with Crippen molar-refractivity contribution < 1.29 is 0 Å². The maximum atomic E-state index is 6.35. The molecule has 4 heteroatoms. The Morgan fingerprint density at radius 1 is 1.05 bits per heavy atom. The normalized spacial score (nSPS) is 24.1.